The van der Waals surface area contributed by atoms with Crippen molar-refractivity contribution in [2.24, 2.45) is 17.3 Å². The Morgan fingerprint density at radius 2 is 1.59 bits per heavy atom. The Kier molecular flexibility index (Phi) is 28.1. The van der Waals surface area contributed by atoms with Crippen LogP contribution < -0.4 is 35.9 Å². The highest BCUT2D eigenvalue weighted by atomic mass is 32.2. The summed E-state index contributed by atoms with van der Waals surface area (Å²) in [5.41, 5.74) is 4.68. The monoisotopic (exact) mass is 1230 g/mol. The van der Waals surface area contributed by atoms with Gasteiger partial charge >= 0.3 is 5.97 Å². The fraction of sp³-hybridized carbons (Fsp3) is 0.723. The van der Waals surface area contributed by atoms with E-state index in [4.69, 9.17) is 19.9 Å². The molecule has 4 rings (SSSR count). The largest absolute Gasteiger partial charge is 0.790 e. The van der Waals surface area contributed by atoms with E-state index in [9.17, 15) is 78.0 Å². The third kappa shape index (κ3) is 23.7. The molecule has 0 radical (unpaired) electrons. The van der Waals surface area contributed by atoms with Crippen LogP contribution in [0.15, 0.2) is 36.5 Å². The van der Waals surface area contributed by atoms with Crippen LogP contribution in [-0.4, -0.2) is 162 Å². The number of anilines is 1. The van der Waals surface area contributed by atoms with E-state index >= 15 is 0 Å². The van der Waals surface area contributed by atoms with Crippen molar-refractivity contribution in [2.75, 3.05) is 51.0 Å². The van der Waals surface area contributed by atoms with Gasteiger partial charge in [-0.25, -0.2) is 24.1 Å². The van der Waals surface area contributed by atoms with Crippen LogP contribution in [0.2, 0.25) is 0 Å². The highest BCUT2D eigenvalue weighted by Gasteiger charge is 2.48. The van der Waals surface area contributed by atoms with Crippen molar-refractivity contribution in [3.8, 4) is 0 Å². The van der Waals surface area contributed by atoms with Gasteiger partial charge in [0.1, 0.15) is 42.4 Å². The van der Waals surface area contributed by atoms with E-state index in [0.29, 0.717) is 37.0 Å². The maximum absolute atomic E-state index is 12.7. The molecule has 81 heavy (non-hydrogen) atoms. The summed E-state index contributed by atoms with van der Waals surface area (Å²) in [6, 6.07) is 0. The molecule has 2 aromatic rings. The number of allylic oxidation sites excluding steroid dienone is 1. The number of nitrogens with two attached hydrogens (primary N) is 1. The van der Waals surface area contributed by atoms with E-state index < -0.39 is 115 Å². The van der Waals surface area contributed by atoms with Gasteiger partial charge in [0.15, 0.2) is 22.8 Å². The highest BCUT2D eigenvalue weighted by molar-refractivity contribution is 8.13. The molecule has 0 saturated carbocycles. The van der Waals surface area contributed by atoms with E-state index in [1.54, 1.807) is 13.8 Å². The molecule has 2 aromatic heterocycles. The number of thioether (sulfide) groups is 1. The average Bonchev–Trinajstić information content (AvgIpc) is 4.20. The summed E-state index contributed by atoms with van der Waals surface area (Å²) >= 11 is 1.06. The number of esters is 1. The predicted molar refractivity (Wildman–Crippen MR) is 280 cm³/mol. The molecule has 0 bridgehead atoms. The average molecular weight is 1230 g/mol. The second-order valence-electron chi connectivity index (χ2n) is 20.3. The minimum atomic E-state index is -5.95. The zero-order valence-corrected chi connectivity index (χ0v) is 49.0. The van der Waals surface area contributed by atoms with Crippen LogP contribution >= 0.6 is 35.2 Å². The lowest BCUT2D eigenvalue weighted by Gasteiger charge is -2.37. The molecule has 13 atom stereocenters. The number of aliphatic hydroxyl groups excluding tert-OH is 5. The molecule has 0 aliphatic carbocycles. The van der Waals surface area contributed by atoms with Crippen molar-refractivity contribution in [3.63, 3.8) is 0 Å². The number of imidazole rings is 1. The van der Waals surface area contributed by atoms with Crippen LogP contribution in [0.25, 0.3) is 11.2 Å². The third-order valence-corrected chi connectivity index (χ3v) is 17.0. The van der Waals surface area contributed by atoms with Crippen molar-refractivity contribution in [3.05, 3.63) is 36.5 Å². The summed E-state index contributed by atoms with van der Waals surface area (Å²) in [7, 11) is -17.7. The molecule has 34 heteroatoms. The van der Waals surface area contributed by atoms with Crippen LogP contribution in [0.3, 0.4) is 0 Å². The summed E-state index contributed by atoms with van der Waals surface area (Å²) < 4.78 is 72.1. The zero-order valence-electron chi connectivity index (χ0n) is 45.5. The maximum Gasteiger partial charge on any atom is 0.330 e. The summed E-state index contributed by atoms with van der Waals surface area (Å²) in [5, 5.41) is 57.3. The van der Waals surface area contributed by atoms with Crippen molar-refractivity contribution in [1.29, 1.82) is 0 Å². The molecule has 2 amide bonds. The maximum atomic E-state index is 12.7. The second-order valence-corrected chi connectivity index (χ2v) is 25.5. The predicted octanol–water partition coefficient (Wildman–Crippen LogP) is -0.553. The van der Waals surface area contributed by atoms with Gasteiger partial charge in [-0.1, -0.05) is 75.9 Å². The molecule has 30 nitrogen and oxygen atoms in total. The van der Waals surface area contributed by atoms with Gasteiger partial charge in [-0.3, -0.25) is 28.1 Å². The number of carbonyl (C=O) groups excluding carboxylic acids is 4. The first-order valence-corrected chi connectivity index (χ1v) is 31.4. The van der Waals surface area contributed by atoms with Gasteiger partial charge in [-0.2, -0.15) is 0 Å². The van der Waals surface area contributed by atoms with Crippen LogP contribution in [0, 0.1) is 17.3 Å². The minimum Gasteiger partial charge on any atom is -0.790 e. The topological polar surface area (TPSA) is 471 Å². The molecule has 460 valence electrons. The van der Waals surface area contributed by atoms with Gasteiger partial charge in [-0.05, 0) is 45.4 Å². The Hall–Kier alpha value is -3.65. The summed E-state index contributed by atoms with van der Waals surface area (Å²) in [5.74, 6) is -2.15. The summed E-state index contributed by atoms with van der Waals surface area (Å²) in [4.78, 5) is 110. The lowest BCUT2D eigenvalue weighted by molar-refractivity contribution is -0.347. The van der Waals surface area contributed by atoms with Crippen molar-refractivity contribution in [2.45, 2.75) is 154 Å². The molecule has 0 aromatic carbocycles. The van der Waals surface area contributed by atoms with E-state index in [-0.39, 0.29) is 73.1 Å². The number of nitrogen functional groups attached to an aromatic ring is 1. The molecule has 2 fully saturated rings. The van der Waals surface area contributed by atoms with E-state index in [1.807, 2.05) is 19.1 Å². The lowest BCUT2D eigenvalue weighted by Crippen LogP contribution is -2.50. The first-order chi connectivity index (χ1) is 37.9. The Morgan fingerprint density at radius 3 is 2.28 bits per heavy atom. The number of ether oxygens (including phenoxy) is 3. The molecule has 2 saturated heterocycles. The smallest absolute Gasteiger partial charge is 0.330 e. The van der Waals surface area contributed by atoms with Gasteiger partial charge in [0, 0.05) is 49.1 Å². The van der Waals surface area contributed by atoms with Gasteiger partial charge < -0.3 is 93.8 Å². The fourth-order valence-corrected chi connectivity index (χ4v) is 11.6. The number of unbranched alkanes of at least 4 members (excludes halogenated alkanes) is 5. The number of phosphoric ester groups is 3. The molecule has 0 spiro atoms. The van der Waals surface area contributed by atoms with Gasteiger partial charge in [-0.15, -0.1) is 0 Å². The molecule has 4 heterocycles. The normalized spacial score (nSPS) is 24.5. The number of nitrogens with one attached hydrogen (secondary N) is 2. The number of rotatable bonds is 35. The number of carbonyl (C=O) groups is 4. The quantitative estimate of drug-likeness (QED) is 0.0141. The standard InChI is InChI=1S/C47H78N7O23P3S/c1-28(21-32-39(60)38(59)31(23-72-32)14-12-13-29(2)30(3)55)22-35(57)71-19-11-9-7-6-8-10-15-36(58)81-20-18-49-34(56)16-17-50-45(63)42(62)47(4,5)25-74-80(69,70)77-79(67,68)73-24-33-41(76-78(64,65)66)40(61)46(75-33)54-27-53-37-43(48)51-26-52-44(37)54/h12-13,22,26-27,29-33,38-42,46,55,59-62H,6-11,14-21,23-25H2,1-5H3,(H,49,56)(H,50,63)(H,67,68)(H,69,70)(H2,48,51,52)(H2,64,65,66)/p-4/b13-12+,28-22+/t29-,30+,31+,32+,33-,38-,39+,40-,41-,42+,46-/m1/s1. The number of aliphatic hydroxyl groups is 5. The number of fused-ring (bicyclic) bond motifs is 1. The number of amides is 2. The third-order valence-electron chi connectivity index (χ3n) is 13.0. The highest BCUT2D eigenvalue weighted by Crippen LogP contribution is 2.56. The molecule has 2 unspecified atom stereocenters. The SMILES string of the molecule is C/C(=C\C(=O)OCCCCCCCCC(=O)SCCNC(=O)CCNC(=O)[C@H](O)C(C)(C)COP(=O)([O-])OP(=O)([O-])OC[C@H]1O[C@@H](n2cnc3c(N)ncnc32)[C@H](O)[C@@H]1OP(=O)([O-])[O-])C[C@@H]1OC[C@H](C/C=C/[C@@H](C)[C@H](C)O)[C@@H](O)[C@H]1O. The summed E-state index contributed by atoms with van der Waals surface area (Å²) in [6.07, 6.45) is -0.0670. The van der Waals surface area contributed by atoms with Crippen LogP contribution in [0.1, 0.15) is 105 Å². The molecular formula is C47H74N7O23P3S-4. The van der Waals surface area contributed by atoms with Crippen LogP contribution in [0.5, 0.6) is 0 Å². The first-order valence-electron chi connectivity index (χ1n) is 26.0. The molecular weight excluding hydrogens is 1160 g/mol. The lowest BCUT2D eigenvalue weighted by atomic mass is 9.87. The van der Waals surface area contributed by atoms with Crippen LogP contribution in [0.4, 0.5) is 5.82 Å². The fourth-order valence-electron chi connectivity index (χ4n) is 8.17. The second kappa shape index (κ2) is 32.6. The van der Waals surface area contributed by atoms with E-state index in [2.05, 4.69) is 43.5 Å². The molecule has 9 N–H and O–H groups in total. The number of hydrogen-bond donors (Lipinski definition) is 8. The zero-order chi connectivity index (χ0) is 60.3. The van der Waals surface area contributed by atoms with Crippen molar-refractivity contribution < 1.29 is 110 Å². The number of aromatic nitrogens is 4. The number of phosphoric acid groups is 3. The Balaban J connectivity index is 1.02. The molecule has 2 aliphatic rings. The first kappa shape index (κ1) is 69.8. The van der Waals surface area contributed by atoms with Crippen LogP contribution in [-0.2, 0) is 65.0 Å². The summed E-state index contributed by atoms with van der Waals surface area (Å²) in [6.45, 7) is 5.76. The van der Waals surface area contributed by atoms with Crippen molar-refractivity contribution in [1.82, 2.24) is 30.2 Å². The van der Waals surface area contributed by atoms with E-state index in [1.165, 1.54) is 19.9 Å². The Bertz CT molecular complexity index is 2590. The number of nitrogens with zero attached hydrogens (tertiary/aromatic N) is 4. The minimum absolute atomic E-state index is 0.0320. The number of hydrogen-bond acceptors (Lipinski definition) is 28. The Morgan fingerprint density at radius 1 is 0.914 bits per heavy atom. The Labute approximate surface area is 472 Å². The molecule has 2 aliphatic heterocycles. The van der Waals surface area contributed by atoms with Gasteiger partial charge in [0.25, 0.3) is 15.6 Å². The van der Waals surface area contributed by atoms with Gasteiger partial charge in [0.2, 0.25) is 11.8 Å². The van der Waals surface area contributed by atoms with Gasteiger partial charge in [0.05, 0.1) is 58.9 Å². The van der Waals surface area contributed by atoms with Crippen molar-refractivity contribution >= 4 is 75.1 Å². The van der Waals surface area contributed by atoms with E-state index in [0.717, 1.165) is 54.7 Å².